The highest BCUT2D eigenvalue weighted by Crippen LogP contribution is 2.19. The number of hydrogen-bond donors (Lipinski definition) is 1. The normalized spacial score (nSPS) is 10.8. The Balaban J connectivity index is 2.47. The first-order valence-corrected chi connectivity index (χ1v) is 6.75. The smallest absolute Gasteiger partial charge is 0.165 e. The van der Waals surface area contributed by atoms with Crippen LogP contribution < -0.4 is 10.1 Å². The monoisotopic (exact) mass is 265 g/mol. The lowest BCUT2D eigenvalue weighted by atomic mass is 10.2. The van der Waals surface area contributed by atoms with Crippen molar-refractivity contribution in [2.75, 3.05) is 13.2 Å². The maximum absolute atomic E-state index is 13.8. The summed E-state index contributed by atoms with van der Waals surface area (Å²) in [7, 11) is 0. The molecule has 0 bridgehead atoms. The summed E-state index contributed by atoms with van der Waals surface area (Å²) < 4.78 is 19.2. The molecule has 0 fully saturated rings. The van der Waals surface area contributed by atoms with Gasteiger partial charge in [-0.2, -0.15) is 0 Å². The van der Waals surface area contributed by atoms with Crippen LogP contribution in [0.1, 0.15) is 32.8 Å². The van der Waals surface area contributed by atoms with E-state index in [0.717, 1.165) is 24.1 Å². The quantitative estimate of drug-likeness (QED) is 0.719. The first-order chi connectivity index (χ1) is 8.99. The van der Waals surface area contributed by atoms with Crippen LogP contribution in [-0.4, -0.2) is 13.2 Å². The lowest BCUT2D eigenvalue weighted by molar-refractivity contribution is 0.305. The molecule has 1 aromatic rings. The molecule has 0 atom stereocenters. The van der Waals surface area contributed by atoms with Gasteiger partial charge in [0.05, 0.1) is 6.61 Å². The predicted molar refractivity (Wildman–Crippen MR) is 77.9 cm³/mol. The molecule has 106 valence electrons. The zero-order chi connectivity index (χ0) is 14.3. The molecule has 1 N–H and O–H groups in total. The van der Waals surface area contributed by atoms with Crippen molar-refractivity contribution in [2.24, 2.45) is 5.92 Å². The van der Waals surface area contributed by atoms with Gasteiger partial charge in [-0.3, -0.25) is 0 Å². The number of ether oxygens (including phenoxy) is 1. The highest BCUT2D eigenvalue weighted by molar-refractivity contribution is 5.29. The molecule has 1 rings (SSSR count). The highest BCUT2D eigenvalue weighted by atomic mass is 19.1. The van der Waals surface area contributed by atoms with Gasteiger partial charge in [-0.05, 0) is 37.1 Å². The first-order valence-electron chi connectivity index (χ1n) is 6.75. The van der Waals surface area contributed by atoms with E-state index in [0.29, 0.717) is 24.8 Å². The second kappa shape index (κ2) is 7.95. The molecule has 0 unspecified atom stereocenters. The molecule has 3 heteroatoms. The fourth-order valence-electron chi connectivity index (χ4n) is 1.61. The van der Waals surface area contributed by atoms with Crippen molar-refractivity contribution in [3.8, 4) is 5.75 Å². The number of hydrogen-bond acceptors (Lipinski definition) is 2. The fourth-order valence-corrected chi connectivity index (χ4v) is 1.61. The van der Waals surface area contributed by atoms with E-state index in [4.69, 9.17) is 4.74 Å². The van der Waals surface area contributed by atoms with Crippen molar-refractivity contribution in [1.29, 1.82) is 0 Å². The van der Waals surface area contributed by atoms with Gasteiger partial charge in [0, 0.05) is 13.0 Å². The van der Waals surface area contributed by atoms with E-state index in [-0.39, 0.29) is 5.82 Å². The average Bonchev–Trinajstić information content (AvgIpc) is 2.31. The van der Waals surface area contributed by atoms with Gasteiger partial charge in [0.2, 0.25) is 0 Å². The number of benzene rings is 1. The zero-order valence-corrected chi connectivity index (χ0v) is 12.1. The summed E-state index contributed by atoms with van der Waals surface area (Å²) >= 11 is 0. The Morgan fingerprint density at radius 1 is 1.42 bits per heavy atom. The summed E-state index contributed by atoms with van der Waals surface area (Å²) in [6.45, 7) is 12.1. The molecule has 0 aliphatic heterocycles. The molecule has 0 amide bonds. The van der Waals surface area contributed by atoms with E-state index in [1.807, 2.05) is 13.0 Å². The van der Waals surface area contributed by atoms with E-state index in [9.17, 15) is 4.39 Å². The van der Waals surface area contributed by atoms with Gasteiger partial charge in [0.1, 0.15) is 0 Å². The van der Waals surface area contributed by atoms with Gasteiger partial charge in [0.25, 0.3) is 0 Å². The minimum atomic E-state index is -0.300. The van der Waals surface area contributed by atoms with Crippen LogP contribution >= 0.6 is 0 Å². The minimum absolute atomic E-state index is 0.300. The van der Waals surface area contributed by atoms with Gasteiger partial charge in [-0.15, -0.1) is 6.58 Å². The van der Waals surface area contributed by atoms with Crippen LogP contribution in [0, 0.1) is 11.7 Å². The average molecular weight is 265 g/mol. The van der Waals surface area contributed by atoms with Gasteiger partial charge >= 0.3 is 0 Å². The second-order valence-electron chi connectivity index (χ2n) is 5.35. The van der Waals surface area contributed by atoms with E-state index in [1.54, 1.807) is 6.07 Å². The van der Waals surface area contributed by atoms with Crippen molar-refractivity contribution < 1.29 is 9.13 Å². The Labute approximate surface area is 115 Å². The van der Waals surface area contributed by atoms with Crippen LogP contribution in [0.2, 0.25) is 0 Å². The molecule has 0 spiro atoms. The van der Waals surface area contributed by atoms with Gasteiger partial charge < -0.3 is 10.1 Å². The van der Waals surface area contributed by atoms with Crippen LogP contribution in [0.3, 0.4) is 0 Å². The summed E-state index contributed by atoms with van der Waals surface area (Å²) in [6.07, 6.45) is 0.747. The summed E-state index contributed by atoms with van der Waals surface area (Å²) in [6, 6.07) is 5.12. The molecule has 2 nitrogen and oxygen atoms in total. The third-order valence-electron chi connectivity index (χ3n) is 2.66. The standard InChI is InChI=1S/C16H24FNO/c1-12(2)7-8-19-16-6-5-14(9-15(16)17)11-18-10-13(3)4/h5-6,9,13,18H,1,7-8,10-11H2,2-4H3. The third kappa shape index (κ3) is 6.39. The van der Waals surface area contributed by atoms with Crippen LogP contribution in [0.4, 0.5) is 4.39 Å². The summed E-state index contributed by atoms with van der Waals surface area (Å²) in [4.78, 5) is 0. The molecule has 19 heavy (non-hydrogen) atoms. The van der Waals surface area contributed by atoms with Crippen molar-refractivity contribution in [3.05, 3.63) is 41.7 Å². The summed E-state index contributed by atoms with van der Waals surface area (Å²) in [5, 5.41) is 3.29. The Bertz CT molecular complexity index is 415. The number of halogens is 1. The lowest BCUT2D eigenvalue weighted by Gasteiger charge is -2.10. The number of nitrogens with one attached hydrogen (secondary N) is 1. The topological polar surface area (TPSA) is 21.3 Å². The van der Waals surface area contributed by atoms with Crippen molar-refractivity contribution >= 4 is 0 Å². The second-order valence-corrected chi connectivity index (χ2v) is 5.35. The van der Waals surface area contributed by atoms with E-state index in [1.165, 1.54) is 6.07 Å². The third-order valence-corrected chi connectivity index (χ3v) is 2.66. The maximum atomic E-state index is 13.8. The minimum Gasteiger partial charge on any atom is -0.490 e. The summed E-state index contributed by atoms with van der Waals surface area (Å²) in [5.41, 5.74) is 1.97. The van der Waals surface area contributed by atoms with E-state index >= 15 is 0 Å². The largest absolute Gasteiger partial charge is 0.490 e. The molecule has 0 saturated heterocycles. The molecule has 0 aromatic heterocycles. The van der Waals surface area contributed by atoms with Gasteiger partial charge in [-0.1, -0.05) is 25.5 Å². The maximum Gasteiger partial charge on any atom is 0.165 e. The molecule has 0 radical (unpaired) electrons. The van der Waals surface area contributed by atoms with Crippen molar-refractivity contribution in [1.82, 2.24) is 5.32 Å². The summed E-state index contributed by atoms with van der Waals surface area (Å²) in [5.74, 6) is 0.606. The molecule has 0 saturated carbocycles. The molecule has 0 aliphatic rings. The Morgan fingerprint density at radius 2 is 2.16 bits per heavy atom. The van der Waals surface area contributed by atoms with E-state index in [2.05, 4.69) is 25.7 Å². The van der Waals surface area contributed by atoms with Gasteiger partial charge in [-0.25, -0.2) is 4.39 Å². The Morgan fingerprint density at radius 3 is 2.74 bits per heavy atom. The van der Waals surface area contributed by atoms with Crippen LogP contribution in [0.25, 0.3) is 0 Å². The Hall–Kier alpha value is -1.35. The molecule has 1 aromatic carbocycles. The fraction of sp³-hybridized carbons (Fsp3) is 0.500. The zero-order valence-electron chi connectivity index (χ0n) is 12.1. The van der Waals surface area contributed by atoms with Crippen molar-refractivity contribution in [3.63, 3.8) is 0 Å². The molecular formula is C16H24FNO. The molecule has 0 aliphatic carbocycles. The van der Waals surface area contributed by atoms with Crippen molar-refractivity contribution in [2.45, 2.75) is 33.7 Å². The Kier molecular flexibility index (Phi) is 6.57. The van der Waals surface area contributed by atoms with Crippen LogP contribution in [-0.2, 0) is 6.54 Å². The molecular weight excluding hydrogens is 241 g/mol. The number of rotatable bonds is 8. The predicted octanol–water partition coefficient (Wildman–Crippen LogP) is 3.92. The molecule has 0 heterocycles. The van der Waals surface area contributed by atoms with Crippen LogP contribution in [0.15, 0.2) is 30.4 Å². The van der Waals surface area contributed by atoms with Crippen LogP contribution in [0.5, 0.6) is 5.75 Å². The van der Waals surface area contributed by atoms with Gasteiger partial charge in [0.15, 0.2) is 11.6 Å². The van der Waals surface area contributed by atoms with E-state index < -0.39 is 0 Å². The lowest BCUT2D eigenvalue weighted by Crippen LogP contribution is -2.19. The SMILES string of the molecule is C=C(C)CCOc1ccc(CNCC(C)C)cc1F. The first kappa shape index (κ1) is 15.7. The highest BCUT2D eigenvalue weighted by Gasteiger charge is 2.05.